The second-order valence-corrected chi connectivity index (χ2v) is 6.08. The molecule has 2 unspecified atom stereocenters. The van der Waals surface area contributed by atoms with Crippen LogP contribution in [0, 0.1) is 0 Å². The van der Waals surface area contributed by atoms with Crippen LogP contribution in [0.25, 0.3) is 0 Å². The second kappa shape index (κ2) is 6.69. The Kier molecular flexibility index (Phi) is 5.22. The van der Waals surface area contributed by atoms with Crippen molar-refractivity contribution in [1.29, 1.82) is 0 Å². The van der Waals surface area contributed by atoms with E-state index in [4.69, 9.17) is 4.74 Å². The van der Waals surface area contributed by atoms with Crippen molar-refractivity contribution < 1.29 is 4.74 Å². The van der Waals surface area contributed by atoms with Crippen LogP contribution in [0.3, 0.4) is 0 Å². The minimum atomic E-state index is 0.402. The van der Waals surface area contributed by atoms with Crippen LogP contribution >= 0.6 is 15.9 Å². The molecule has 0 heterocycles. The van der Waals surface area contributed by atoms with E-state index in [9.17, 15) is 0 Å². The average Bonchev–Trinajstić information content (AvgIpc) is 2.39. The molecular formula is C15H22BrNO. The van der Waals surface area contributed by atoms with Gasteiger partial charge in [-0.05, 0) is 50.3 Å². The van der Waals surface area contributed by atoms with Crippen molar-refractivity contribution in [2.75, 3.05) is 7.11 Å². The van der Waals surface area contributed by atoms with E-state index in [1.807, 2.05) is 7.11 Å². The summed E-state index contributed by atoms with van der Waals surface area (Å²) in [7, 11) is 1.82. The third kappa shape index (κ3) is 3.81. The molecule has 3 atom stereocenters. The van der Waals surface area contributed by atoms with E-state index >= 15 is 0 Å². The number of ether oxygens (including phenoxy) is 1. The molecule has 1 aromatic carbocycles. The summed E-state index contributed by atoms with van der Waals surface area (Å²) in [5.74, 6) is 0. The summed E-state index contributed by atoms with van der Waals surface area (Å²) in [6, 6.07) is 9.55. The Labute approximate surface area is 118 Å². The number of rotatable bonds is 4. The van der Waals surface area contributed by atoms with E-state index in [0.717, 1.165) is 10.9 Å². The van der Waals surface area contributed by atoms with E-state index in [-0.39, 0.29) is 0 Å². The van der Waals surface area contributed by atoms with Crippen molar-refractivity contribution in [3.63, 3.8) is 0 Å². The van der Waals surface area contributed by atoms with E-state index in [2.05, 4.69) is 52.4 Å². The molecule has 1 fully saturated rings. The lowest BCUT2D eigenvalue weighted by molar-refractivity contribution is 0.0572. The van der Waals surface area contributed by atoms with Gasteiger partial charge in [-0.1, -0.05) is 28.1 Å². The number of halogens is 1. The molecule has 0 spiro atoms. The molecule has 1 saturated carbocycles. The predicted octanol–water partition coefficient (Wildman–Crippen LogP) is 4.06. The van der Waals surface area contributed by atoms with Gasteiger partial charge in [0.25, 0.3) is 0 Å². The minimum Gasteiger partial charge on any atom is -0.381 e. The Hall–Kier alpha value is -0.380. The number of nitrogens with one attached hydrogen (secondary N) is 1. The highest BCUT2D eigenvalue weighted by molar-refractivity contribution is 9.10. The molecule has 1 aliphatic carbocycles. The highest BCUT2D eigenvalue weighted by atomic mass is 79.9. The molecule has 0 aromatic heterocycles. The highest BCUT2D eigenvalue weighted by Gasteiger charge is 2.22. The van der Waals surface area contributed by atoms with Crippen LogP contribution in [-0.4, -0.2) is 19.3 Å². The minimum absolute atomic E-state index is 0.402. The van der Waals surface area contributed by atoms with Crippen molar-refractivity contribution in [3.05, 3.63) is 34.3 Å². The first-order valence-corrected chi connectivity index (χ1v) is 7.52. The smallest absolute Gasteiger partial charge is 0.0586 e. The summed E-state index contributed by atoms with van der Waals surface area (Å²) in [6.07, 6.45) is 5.32. The van der Waals surface area contributed by atoms with Gasteiger partial charge in [0.2, 0.25) is 0 Å². The Balaban J connectivity index is 1.90. The molecule has 1 aliphatic rings. The Morgan fingerprint density at radius 2 is 2.00 bits per heavy atom. The zero-order valence-corrected chi connectivity index (χ0v) is 12.7. The van der Waals surface area contributed by atoms with Crippen LogP contribution in [0.15, 0.2) is 28.7 Å². The standard InChI is InChI=1S/C15H22BrNO/c1-11(12-6-8-13(16)9-7-12)17-14-4-3-5-15(10-14)18-2/h6-9,11,14-15,17H,3-5,10H2,1-2H3/t11-,14?,15?/m1/s1. The molecule has 1 aromatic rings. The van der Waals surface area contributed by atoms with Gasteiger partial charge < -0.3 is 10.1 Å². The van der Waals surface area contributed by atoms with Gasteiger partial charge in [-0.3, -0.25) is 0 Å². The van der Waals surface area contributed by atoms with Gasteiger partial charge in [0, 0.05) is 23.7 Å². The van der Waals surface area contributed by atoms with Crippen molar-refractivity contribution >= 4 is 15.9 Å². The Morgan fingerprint density at radius 3 is 2.67 bits per heavy atom. The van der Waals surface area contributed by atoms with Gasteiger partial charge in [-0.15, -0.1) is 0 Å². The van der Waals surface area contributed by atoms with E-state index < -0.39 is 0 Å². The van der Waals surface area contributed by atoms with Crippen LogP contribution in [0.5, 0.6) is 0 Å². The average molecular weight is 312 g/mol. The van der Waals surface area contributed by atoms with Gasteiger partial charge in [-0.2, -0.15) is 0 Å². The summed E-state index contributed by atoms with van der Waals surface area (Å²) in [5, 5.41) is 3.72. The van der Waals surface area contributed by atoms with Gasteiger partial charge in [0.05, 0.1) is 6.10 Å². The van der Waals surface area contributed by atoms with Crippen LogP contribution < -0.4 is 5.32 Å². The number of methoxy groups -OCH3 is 1. The molecule has 0 radical (unpaired) electrons. The first kappa shape index (κ1) is 14.0. The van der Waals surface area contributed by atoms with Gasteiger partial charge >= 0.3 is 0 Å². The maximum absolute atomic E-state index is 5.48. The maximum atomic E-state index is 5.48. The fourth-order valence-electron chi connectivity index (χ4n) is 2.71. The second-order valence-electron chi connectivity index (χ2n) is 5.16. The largest absolute Gasteiger partial charge is 0.381 e. The molecule has 2 nitrogen and oxygen atoms in total. The predicted molar refractivity (Wildman–Crippen MR) is 78.7 cm³/mol. The molecule has 0 saturated heterocycles. The van der Waals surface area contributed by atoms with Crippen LogP contribution in [0.2, 0.25) is 0 Å². The quantitative estimate of drug-likeness (QED) is 0.905. The van der Waals surface area contributed by atoms with Gasteiger partial charge in [0.1, 0.15) is 0 Å². The summed E-state index contributed by atoms with van der Waals surface area (Å²) in [4.78, 5) is 0. The van der Waals surface area contributed by atoms with E-state index in [1.54, 1.807) is 0 Å². The first-order chi connectivity index (χ1) is 8.69. The molecule has 3 heteroatoms. The lowest BCUT2D eigenvalue weighted by Gasteiger charge is -2.31. The normalized spacial score (nSPS) is 25.9. The van der Waals surface area contributed by atoms with Crippen LogP contribution in [-0.2, 0) is 4.74 Å². The third-order valence-corrected chi connectivity index (χ3v) is 4.34. The SMILES string of the molecule is COC1CCCC(N[C@H](C)c2ccc(Br)cc2)C1. The molecule has 0 amide bonds. The summed E-state index contributed by atoms with van der Waals surface area (Å²) in [6.45, 7) is 2.24. The molecule has 18 heavy (non-hydrogen) atoms. The molecule has 100 valence electrons. The zero-order chi connectivity index (χ0) is 13.0. The molecular weight excluding hydrogens is 290 g/mol. The van der Waals surface area contributed by atoms with E-state index in [1.165, 1.54) is 24.8 Å². The molecule has 0 bridgehead atoms. The van der Waals surface area contributed by atoms with Crippen molar-refractivity contribution in [2.24, 2.45) is 0 Å². The Bertz CT molecular complexity index is 365. The monoisotopic (exact) mass is 311 g/mol. The summed E-state index contributed by atoms with van der Waals surface area (Å²) in [5.41, 5.74) is 1.35. The van der Waals surface area contributed by atoms with Gasteiger partial charge in [0.15, 0.2) is 0 Å². The molecule has 2 rings (SSSR count). The van der Waals surface area contributed by atoms with Crippen molar-refractivity contribution in [2.45, 2.75) is 50.8 Å². The van der Waals surface area contributed by atoms with Gasteiger partial charge in [-0.25, -0.2) is 0 Å². The lowest BCUT2D eigenvalue weighted by Crippen LogP contribution is -2.38. The third-order valence-electron chi connectivity index (χ3n) is 3.82. The fourth-order valence-corrected chi connectivity index (χ4v) is 2.98. The zero-order valence-electron chi connectivity index (χ0n) is 11.2. The highest BCUT2D eigenvalue weighted by Crippen LogP contribution is 2.24. The number of benzene rings is 1. The summed E-state index contributed by atoms with van der Waals surface area (Å²) >= 11 is 3.47. The fraction of sp³-hybridized carbons (Fsp3) is 0.600. The summed E-state index contributed by atoms with van der Waals surface area (Å²) < 4.78 is 6.61. The Morgan fingerprint density at radius 1 is 1.28 bits per heavy atom. The van der Waals surface area contributed by atoms with E-state index in [0.29, 0.717) is 18.2 Å². The van der Waals surface area contributed by atoms with Crippen molar-refractivity contribution in [3.8, 4) is 0 Å². The number of hydrogen-bond donors (Lipinski definition) is 1. The first-order valence-electron chi connectivity index (χ1n) is 6.73. The van der Waals surface area contributed by atoms with Crippen molar-refractivity contribution in [1.82, 2.24) is 5.32 Å². The van der Waals surface area contributed by atoms with Crippen LogP contribution in [0.1, 0.15) is 44.2 Å². The lowest BCUT2D eigenvalue weighted by atomic mass is 9.92. The van der Waals surface area contributed by atoms with Crippen LogP contribution in [0.4, 0.5) is 0 Å². The topological polar surface area (TPSA) is 21.3 Å². The molecule has 1 N–H and O–H groups in total. The molecule has 0 aliphatic heterocycles. The maximum Gasteiger partial charge on any atom is 0.0586 e. The number of hydrogen-bond acceptors (Lipinski definition) is 2.